The van der Waals surface area contributed by atoms with E-state index in [1.54, 1.807) is 0 Å². The molecule has 0 radical (unpaired) electrons. The van der Waals surface area contributed by atoms with Crippen LogP contribution < -0.4 is 5.14 Å². The van der Waals surface area contributed by atoms with Crippen LogP contribution in [0.3, 0.4) is 0 Å². The van der Waals surface area contributed by atoms with Crippen molar-refractivity contribution in [2.75, 3.05) is 26.3 Å². The van der Waals surface area contributed by atoms with Gasteiger partial charge in [-0.05, 0) is 12.8 Å². The molecular weight excluding hydrogens is 202 g/mol. The molecule has 2 heterocycles. The quantitative estimate of drug-likeness (QED) is 0.673. The Labute approximate surface area is 84.7 Å². The van der Waals surface area contributed by atoms with Crippen LogP contribution in [-0.2, 0) is 14.7 Å². The average Bonchev–Trinajstić information content (AvgIpc) is 2.00. The molecule has 2 aliphatic rings. The van der Waals surface area contributed by atoms with Crippen molar-refractivity contribution >= 4 is 9.92 Å². The van der Waals surface area contributed by atoms with Gasteiger partial charge in [0, 0.05) is 32.3 Å². The number of hydrogen-bond acceptors (Lipinski definition) is 4. The van der Waals surface area contributed by atoms with Crippen molar-refractivity contribution < 1.29 is 8.95 Å². The Kier molecular flexibility index (Phi) is 2.79. The summed E-state index contributed by atoms with van der Waals surface area (Å²) >= 11 is 0. The number of nitrogens with two attached hydrogens (primary N) is 1. The van der Waals surface area contributed by atoms with E-state index in [0.29, 0.717) is 6.04 Å². The highest BCUT2D eigenvalue weighted by Gasteiger charge is 2.37. The van der Waals surface area contributed by atoms with Crippen molar-refractivity contribution in [1.82, 2.24) is 4.90 Å². The van der Waals surface area contributed by atoms with Gasteiger partial charge in [-0.25, -0.2) is 14.1 Å². The van der Waals surface area contributed by atoms with Crippen LogP contribution >= 0.6 is 0 Å². The Hall–Kier alpha value is -0.170. The number of ether oxygens (including phenoxy) is 1. The second kappa shape index (κ2) is 3.77. The first-order chi connectivity index (χ1) is 6.57. The zero-order valence-corrected chi connectivity index (χ0v) is 8.96. The van der Waals surface area contributed by atoms with E-state index in [9.17, 15) is 4.21 Å². The Balaban J connectivity index is 1.82. The van der Waals surface area contributed by atoms with E-state index < -0.39 is 9.92 Å². The zero-order valence-electron chi connectivity index (χ0n) is 8.15. The van der Waals surface area contributed by atoms with E-state index >= 15 is 0 Å². The number of hydrogen-bond donors (Lipinski definition) is 2. The molecule has 3 N–H and O–H groups in total. The molecular formula is C8H17N3O2S. The minimum atomic E-state index is -2.81. The van der Waals surface area contributed by atoms with Gasteiger partial charge < -0.3 is 4.74 Å². The van der Waals surface area contributed by atoms with Crippen molar-refractivity contribution in [2.24, 2.45) is 5.14 Å². The molecule has 1 atom stereocenters. The van der Waals surface area contributed by atoms with Crippen LogP contribution in [0.5, 0.6) is 0 Å². The number of likely N-dealkylation sites (tertiary alicyclic amines) is 1. The van der Waals surface area contributed by atoms with Gasteiger partial charge in [0.25, 0.3) is 0 Å². The summed E-state index contributed by atoms with van der Waals surface area (Å²) in [5, 5.41) is 5.16. The maximum absolute atomic E-state index is 11.2. The van der Waals surface area contributed by atoms with E-state index in [-0.39, 0.29) is 5.25 Å². The Morgan fingerprint density at radius 2 is 1.93 bits per heavy atom. The highest BCUT2D eigenvalue weighted by molar-refractivity contribution is 7.90. The van der Waals surface area contributed by atoms with Crippen molar-refractivity contribution in [3.05, 3.63) is 0 Å². The Morgan fingerprint density at radius 1 is 1.36 bits per heavy atom. The normalized spacial score (nSPS) is 30.9. The van der Waals surface area contributed by atoms with Crippen LogP contribution in [0.25, 0.3) is 0 Å². The third-order valence-corrected chi connectivity index (χ3v) is 4.37. The summed E-state index contributed by atoms with van der Waals surface area (Å²) in [5.41, 5.74) is 0. The molecule has 2 fully saturated rings. The fraction of sp³-hybridized carbons (Fsp3) is 1.00. The van der Waals surface area contributed by atoms with Gasteiger partial charge in [0.15, 0.2) is 0 Å². The number of nitrogens with zero attached hydrogens (tertiary/aromatic N) is 1. The maximum Gasteiger partial charge on any atom is 0.108 e. The highest BCUT2D eigenvalue weighted by atomic mass is 32.2. The monoisotopic (exact) mass is 219 g/mol. The molecule has 5 nitrogen and oxygen atoms in total. The van der Waals surface area contributed by atoms with E-state index in [2.05, 4.69) is 4.90 Å². The summed E-state index contributed by atoms with van der Waals surface area (Å²) in [6, 6.07) is 0.557. The number of rotatable bonds is 2. The largest absolute Gasteiger partial charge is 0.381 e. The van der Waals surface area contributed by atoms with Gasteiger partial charge in [-0.15, -0.1) is 0 Å². The first-order valence-corrected chi connectivity index (χ1v) is 6.63. The van der Waals surface area contributed by atoms with Crippen LogP contribution in [0.15, 0.2) is 0 Å². The fourth-order valence-corrected chi connectivity index (χ4v) is 2.87. The van der Waals surface area contributed by atoms with Crippen LogP contribution in [-0.4, -0.2) is 46.7 Å². The Bertz CT molecular complexity index is 292. The molecule has 2 rings (SSSR count). The van der Waals surface area contributed by atoms with Gasteiger partial charge >= 0.3 is 0 Å². The minimum absolute atomic E-state index is 0.120. The maximum atomic E-state index is 11.2. The second-order valence-corrected chi connectivity index (χ2v) is 6.03. The van der Waals surface area contributed by atoms with Gasteiger partial charge in [-0.2, -0.15) is 0 Å². The molecule has 2 aliphatic heterocycles. The van der Waals surface area contributed by atoms with Gasteiger partial charge in [-0.3, -0.25) is 4.90 Å². The molecule has 1 unspecified atom stereocenters. The van der Waals surface area contributed by atoms with E-state index in [1.165, 1.54) is 0 Å². The van der Waals surface area contributed by atoms with E-state index in [4.69, 9.17) is 14.7 Å². The molecule has 2 saturated heterocycles. The van der Waals surface area contributed by atoms with Crippen molar-refractivity contribution in [2.45, 2.75) is 24.1 Å². The predicted molar refractivity (Wildman–Crippen MR) is 54.3 cm³/mol. The lowest BCUT2D eigenvalue weighted by molar-refractivity contribution is 0.0127. The van der Waals surface area contributed by atoms with E-state index in [1.807, 2.05) is 0 Å². The first kappa shape index (κ1) is 10.4. The molecule has 0 bridgehead atoms. The third kappa shape index (κ3) is 2.08. The molecule has 0 aromatic rings. The summed E-state index contributed by atoms with van der Waals surface area (Å²) < 4.78 is 23.7. The second-order valence-electron chi connectivity index (χ2n) is 4.07. The standard InChI is InChI=1S/C8H17N3O2S/c9-14(10,12)8-5-11(6-8)7-1-3-13-4-2-7/h7-8H,1-6H2,(H3,9,10,12). The van der Waals surface area contributed by atoms with Crippen molar-refractivity contribution in [1.29, 1.82) is 4.78 Å². The third-order valence-electron chi connectivity index (χ3n) is 3.08. The molecule has 0 aromatic heterocycles. The molecule has 0 amide bonds. The summed E-state index contributed by atoms with van der Waals surface area (Å²) in [4.78, 5) is 2.27. The highest BCUT2D eigenvalue weighted by Crippen LogP contribution is 2.23. The Morgan fingerprint density at radius 3 is 2.43 bits per heavy atom. The lowest BCUT2D eigenvalue weighted by Crippen LogP contribution is -2.60. The smallest absolute Gasteiger partial charge is 0.108 e. The lowest BCUT2D eigenvalue weighted by atomic mass is 10.0. The van der Waals surface area contributed by atoms with Crippen molar-refractivity contribution in [3.63, 3.8) is 0 Å². The van der Waals surface area contributed by atoms with Crippen LogP contribution in [0, 0.1) is 4.78 Å². The molecule has 14 heavy (non-hydrogen) atoms. The zero-order chi connectivity index (χ0) is 10.2. The van der Waals surface area contributed by atoms with Gasteiger partial charge in [0.1, 0.15) is 9.92 Å². The van der Waals surface area contributed by atoms with Gasteiger partial charge in [0.2, 0.25) is 0 Å². The lowest BCUT2D eigenvalue weighted by Gasteiger charge is -2.45. The molecule has 0 aromatic carbocycles. The molecule has 0 spiro atoms. The number of nitrogens with one attached hydrogen (secondary N) is 1. The minimum Gasteiger partial charge on any atom is -0.381 e. The first-order valence-electron chi connectivity index (χ1n) is 4.94. The summed E-state index contributed by atoms with van der Waals surface area (Å²) in [6.45, 7) is 3.10. The topological polar surface area (TPSA) is 79.4 Å². The SMILES string of the molecule is N=S(N)(=O)C1CN(C2CCOCC2)C1. The molecule has 82 valence electrons. The average molecular weight is 219 g/mol. The van der Waals surface area contributed by atoms with Crippen LogP contribution in [0.4, 0.5) is 0 Å². The summed E-state index contributed by atoms with van der Waals surface area (Å²) in [7, 11) is -2.81. The fourth-order valence-electron chi connectivity index (χ4n) is 2.04. The summed E-state index contributed by atoms with van der Waals surface area (Å²) in [6.07, 6.45) is 2.10. The van der Waals surface area contributed by atoms with Crippen LogP contribution in [0.2, 0.25) is 0 Å². The van der Waals surface area contributed by atoms with Crippen LogP contribution in [0.1, 0.15) is 12.8 Å². The van der Waals surface area contributed by atoms with E-state index in [0.717, 1.165) is 39.1 Å². The molecule has 0 aliphatic carbocycles. The summed E-state index contributed by atoms with van der Waals surface area (Å²) in [5.74, 6) is 0. The predicted octanol–water partition coefficient (Wildman–Crippen LogP) is -0.230. The molecule has 0 saturated carbocycles. The molecule has 6 heteroatoms. The van der Waals surface area contributed by atoms with Gasteiger partial charge in [-0.1, -0.05) is 0 Å². The van der Waals surface area contributed by atoms with Crippen molar-refractivity contribution in [3.8, 4) is 0 Å². The van der Waals surface area contributed by atoms with Gasteiger partial charge in [0.05, 0.1) is 5.25 Å².